The highest BCUT2D eigenvalue weighted by atomic mass is 32.1. The molecule has 4 nitrogen and oxygen atoms in total. The first-order valence-electron chi connectivity index (χ1n) is 7.20. The molecule has 2 heterocycles. The minimum atomic E-state index is 0.0190. The van der Waals surface area contributed by atoms with Gasteiger partial charge in [-0.3, -0.25) is 9.69 Å². The van der Waals surface area contributed by atoms with Crippen molar-refractivity contribution in [3.05, 3.63) is 47.5 Å². The van der Waals surface area contributed by atoms with Crippen molar-refractivity contribution in [3.63, 3.8) is 0 Å². The van der Waals surface area contributed by atoms with Crippen LogP contribution in [0.4, 0.5) is 5.13 Å². The third-order valence-electron chi connectivity index (χ3n) is 4.00. The molecule has 0 spiro atoms. The number of nitrogens with one attached hydrogen (secondary N) is 1. The Hall–Kier alpha value is -1.72. The summed E-state index contributed by atoms with van der Waals surface area (Å²) in [5.41, 5.74) is 1.37. The molecule has 21 heavy (non-hydrogen) atoms. The molecule has 1 aliphatic heterocycles. The average molecular weight is 301 g/mol. The molecule has 1 aliphatic rings. The van der Waals surface area contributed by atoms with Crippen molar-refractivity contribution in [1.29, 1.82) is 0 Å². The van der Waals surface area contributed by atoms with Crippen LogP contribution in [-0.2, 0) is 4.79 Å². The number of amides is 1. The predicted molar refractivity (Wildman–Crippen MR) is 85.6 cm³/mol. The Morgan fingerprint density at radius 2 is 2.24 bits per heavy atom. The van der Waals surface area contributed by atoms with E-state index >= 15 is 0 Å². The SMILES string of the molecule is CC1CC(c2ccccc2)CN1CC(=O)Nc1nccs1. The Morgan fingerprint density at radius 3 is 2.95 bits per heavy atom. The first kappa shape index (κ1) is 14.2. The zero-order valence-electron chi connectivity index (χ0n) is 12.0. The second-order valence-corrected chi connectivity index (χ2v) is 6.40. The van der Waals surface area contributed by atoms with Gasteiger partial charge in [-0.2, -0.15) is 0 Å². The molecular formula is C16H19N3OS. The van der Waals surface area contributed by atoms with Crippen LogP contribution in [0.25, 0.3) is 0 Å². The highest BCUT2D eigenvalue weighted by Gasteiger charge is 2.31. The van der Waals surface area contributed by atoms with Crippen molar-refractivity contribution in [2.45, 2.75) is 25.3 Å². The van der Waals surface area contributed by atoms with Crippen LogP contribution in [0.5, 0.6) is 0 Å². The third-order valence-corrected chi connectivity index (χ3v) is 4.69. The predicted octanol–water partition coefficient (Wildman–Crippen LogP) is 2.96. The second kappa shape index (κ2) is 6.37. The van der Waals surface area contributed by atoms with Crippen molar-refractivity contribution in [2.24, 2.45) is 0 Å². The summed E-state index contributed by atoms with van der Waals surface area (Å²) in [6.45, 7) is 3.57. The number of carbonyl (C=O) groups is 1. The summed E-state index contributed by atoms with van der Waals surface area (Å²) in [6, 6.07) is 11.0. The van der Waals surface area contributed by atoms with Gasteiger partial charge in [-0.25, -0.2) is 4.98 Å². The maximum absolute atomic E-state index is 12.1. The van der Waals surface area contributed by atoms with Gasteiger partial charge in [-0.15, -0.1) is 11.3 Å². The van der Waals surface area contributed by atoms with Gasteiger partial charge in [0.05, 0.1) is 6.54 Å². The van der Waals surface area contributed by atoms with E-state index in [0.29, 0.717) is 23.6 Å². The van der Waals surface area contributed by atoms with Gasteiger partial charge in [0.15, 0.2) is 5.13 Å². The lowest BCUT2D eigenvalue weighted by molar-refractivity contribution is -0.117. The topological polar surface area (TPSA) is 45.2 Å². The number of likely N-dealkylation sites (tertiary alicyclic amines) is 1. The standard InChI is InChI=1S/C16H19N3OS/c1-12-9-14(13-5-3-2-4-6-13)10-19(12)11-15(20)18-16-17-7-8-21-16/h2-8,12,14H,9-11H2,1H3,(H,17,18,20). The van der Waals surface area contributed by atoms with E-state index in [1.165, 1.54) is 16.9 Å². The Kier molecular flexibility index (Phi) is 4.31. The third kappa shape index (κ3) is 3.49. The highest BCUT2D eigenvalue weighted by molar-refractivity contribution is 7.13. The Morgan fingerprint density at radius 1 is 1.43 bits per heavy atom. The number of benzene rings is 1. The van der Waals surface area contributed by atoms with Gasteiger partial charge < -0.3 is 5.32 Å². The lowest BCUT2D eigenvalue weighted by Gasteiger charge is -2.19. The number of hydrogen-bond acceptors (Lipinski definition) is 4. The molecule has 0 bridgehead atoms. The fraction of sp³-hybridized carbons (Fsp3) is 0.375. The first-order valence-corrected chi connectivity index (χ1v) is 8.08. The zero-order chi connectivity index (χ0) is 14.7. The van der Waals surface area contributed by atoms with E-state index in [9.17, 15) is 4.79 Å². The average Bonchev–Trinajstić information content (AvgIpc) is 3.11. The zero-order valence-corrected chi connectivity index (χ0v) is 12.8. The van der Waals surface area contributed by atoms with Gasteiger partial charge in [0.1, 0.15) is 0 Å². The monoisotopic (exact) mass is 301 g/mol. The first-order chi connectivity index (χ1) is 10.2. The molecule has 0 saturated carbocycles. The minimum absolute atomic E-state index is 0.0190. The van der Waals surface area contributed by atoms with Crippen molar-refractivity contribution >= 4 is 22.4 Å². The lowest BCUT2D eigenvalue weighted by atomic mass is 9.97. The van der Waals surface area contributed by atoms with Gasteiger partial charge in [-0.05, 0) is 24.8 Å². The summed E-state index contributed by atoms with van der Waals surface area (Å²) in [7, 11) is 0. The molecule has 3 rings (SSSR count). The van der Waals surface area contributed by atoms with Crippen molar-refractivity contribution in [1.82, 2.24) is 9.88 Å². The molecule has 0 radical (unpaired) electrons. The second-order valence-electron chi connectivity index (χ2n) is 5.51. The van der Waals surface area contributed by atoms with Gasteiger partial charge in [0.2, 0.25) is 5.91 Å². The summed E-state index contributed by atoms with van der Waals surface area (Å²) in [5, 5.41) is 5.38. The fourth-order valence-electron chi connectivity index (χ4n) is 2.91. The van der Waals surface area contributed by atoms with Crippen LogP contribution in [0.2, 0.25) is 0 Å². The molecule has 110 valence electrons. The summed E-state index contributed by atoms with van der Waals surface area (Å²) < 4.78 is 0. The quantitative estimate of drug-likeness (QED) is 0.944. The van der Waals surface area contributed by atoms with Gasteiger partial charge in [-0.1, -0.05) is 30.3 Å². The molecule has 1 aromatic carbocycles. The molecule has 2 atom stereocenters. The maximum atomic E-state index is 12.1. The van der Waals surface area contributed by atoms with E-state index in [0.717, 1.165) is 13.0 Å². The van der Waals surface area contributed by atoms with Gasteiger partial charge in [0.25, 0.3) is 0 Å². The number of carbonyl (C=O) groups excluding carboxylic acids is 1. The molecular weight excluding hydrogens is 282 g/mol. The van der Waals surface area contributed by atoms with Crippen LogP contribution >= 0.6 is 11.3 Å². The molecule has 1 N–H and O–H groups in total. The number of hydrogen-bond donors (Lipinski definition) is 1. The van der Waals surface area contributed by atoms with Crippen LogP contribution < -0.4 is 5.32 Å². The van der Waals surface area contributed by atoms with E-state index in [4.69, 9.17) is 0 Å². The van der Waals surface area contributed by atoms with Gasteiger partial charge >= 0.3 is 0 Å². The van der Waals surface area contributed by atoms with Crippen LogP contribution in [-0.4, -0.2) is 34.9 Å². The number of anilines is 1. The van der Waals surface area contributed by atoms with E-state index in [-0.39, 0.29) is 5.91 Å². The van der Waals surface area contributed by atoms with Crippen LogP contribution in [0.1, 0.15) is 24.8 Å². The Bertz CT molecular complexity index is 585. The summed E-state index contributed by atoms with van der Waals surface area (Å²) >= 11 is 1.45. The highest BCUT2D eigenvalue weighted by Crippen LogP contribution is 2.31. The van der Waals surface area contributed by atoms with Crippen molar-refractivity contribution in [2.75, 3.05) is 18.4 Å². The largest absolute Gasteiger partial charge is 0.301 e. The molecule has 1 aromatic heterocycles. The van der Waals surface area contributed by atoms with E-state index < -0.39 is 0 Å². The molecule has 1 saturated heterocycles. The minimum Gasteiger partial charge on any atom is -0.301 e. The Balaban J connectivity index is 1.58. The van der Waals surface area contributed by atoms with Crippen LogP contribution in [0.15, 0.2) is 41.9 Å². The number of nitrogens with zero attached hydrogens (tertiary/aromatic N) is 2. The van der Waals surface area contributed by atoms with Crippen molar-refractivity contribution in [3.8, 4) is 0 Å². The number of thiazole rings is 1. The fourth-order valence-corrected chi connectivity index (χ4v) is 3.46. The van der Waals surface area contributed by atoms with Crippen LogP contribution in [0.3, 0.4) is 0 Å². The Labute approximate surface area is 128 Å². The lowest BCUT2D eigenvalue weighted by Crippen LogP contribution is -2.35. The molecule has 1 amide bonds. The molecule has 5 heteroatoms. The molecule has 2 aromatic rings. The normalized spacial score (nSPS) is 22.3. The smallest absolute Gasteiger partial charge is 0.240 e. The number of aromatic nitrogens is 1. The van der Waals surface area contributed by atoms with Crippen LogP contribution in [0, 0.1) is 0 Å². The van der Waals surface area contributed by atoms with Crippen molar-refractivity contribution < 1.29 is 4.79 Å². The molecule has 2 unspecified atom stereocenters. The van der Waals surface area contributed by atoms with Gasteiger partial charge in [0, 0.05) is 24.2 Å². The maximum Gasteiger partial charge on any atom is 0.240 e. The summed E-state index contributed by atoms with van der Waals surface area (Å²) in [6.07, 6.45) is 2.80. The molecule has 0 aliphatic carbocycles. The van der Waals surface area contributed by atoms with E-state index in [2.05, 4.69) is 46.4 Å². The summed E-state index contributed by atoms with van der Waals surface area (Å²) in [5.74, 6) is 0.541. The number of rotatable bonds is 4. The van der Waals surface area contributed by atoms with E-state index in [1.807, 2.05) is 11.4 Å². The van der Waals surface area contributed by atoms with E-state index in [1.54, 1.807) is 6.20 Å². The summed E-state index contributed by atoms with van der Waals surface area (Å²) in [4.78, 5) is 18.4. The molecule has 1 fully saturated rings.